The van der Waals surface area contributed by atoms with Gasteiger partial charge in [0.15, 0.2) is 0 Å². The summed E-state index contributed by atoms with van der Waals surface area (Å²) in [6, 6.07) is 10.6. The first kappa shape index (κ1) is 17.8. The van der Waals surface area contributed by atoms with Crippen LogP contribution in [0.25, 0.3) is 0 Å². The summed E-state index contributed by atoms with van der Waals surface area (Å²) in [5, 5.41) is 0. The molecule has 2 aliphatic rings. The molecule has 1 saturated carbocycles. The van der Waals surface area contributed by atoms with Crippen LogP contribution in [0.2, 0.25) is 0 Å². The summed E-state index contributed by atoms with van der Waals surface area (Å²) in [5.74, 6) is 1.14. The van der Waals surface area contributed by atoms with Crippen molar-refractivity contribution >= 4 is 29.1 Å². The number of nitrogens with zero attached hydrogens (tertiary/aromatic N) is 1. The summed E-state index contributed by atoms with van der Waals surface area (Å²) in [6.07, 6.45) is 5.12. The summed E-state index contributed by atoms with van der Waals surface area (Å²) in [5.41, 5.74) is 1.36. The Morgan fingerprint density at radius 2 is 1.83 bits per heavy atom. The Balaban J connectivity index is 1.53. The van der Waals surface area contributed by atoms with E-state index < -0.39 is 0 Å². The molecule has 0 spiro atoms. The van der Waals surface area contributed by atoms with Crippen molar-refractivity contribution in [1.82, 2.24) is 4.90 Å². The Morgan fingerprint density at radius 3 is 2.42 bits per heavy atom. The van der Waals surface area contributed by atoms with Crippen LogP contribution >= 0.6 is 23.2 Å². The molecule has 24 heavy (non-hydrogen) atoms. The number of carbonyl (C=O) groups excluding carboxylic acids is 1. The minimum Gasteiger partial charge on any atom is -0.342 e. The Labute approximate surface area is 154 Å². The fraction of sp³-hybridized carbons (Fsp3) is 0.550. The standard InChI is InChI=1S/C20H25Cl2NO/c1-20(2)16(13-17(21)22)18(20)19(24)23-10-8-15(9-11-23)12-14-6-4-3-5-7-14/h3-7,13,15-16,18H,8-12H2,1-2H3. The van der Waals surface area contributed by atoms with E-state index in [4.69, 9.17) is 23.2 Å². The molecule has 2 unspecified atom stereocenters. The molecule has 1 aliphatic carbocycles. The fourth-order valence-electron chi connectivity index (χ4n) is 4.10. The number of amides is 1. The number of likely N-dealkylation sites (tertiary alicyclic amines) is 1. The molecular formula is C20H25Cl2NO. The van der Waals surface area contributed by atoms with Crippen molar-refractivity contribution in [2.75, 3.05) is 13.1 Å². The van der Waals surface area contributed by atoms with Crippen molar-refractivity contribution in [2.24, 2.45) is 23.2 Å². The third-order valence-corrected chi connectivity index (χ3v) is 6.03. The number of halogens is 2. The molecule has 130 valence electrons. The second kappa shape index (κ2) is 7.09. The third-order valence-electron chi connectivity index (χ3n) is 5.78. The SMILES string of the molecule is CC1(C)C(C=C(Cl)Cl)C1C(=O)N1CCC(Cc2ccccc2)CC1. The van der Waals surface area contributed by atoms with Crippen molar-refractivity contribution < 1.29 is 4.79 Å². The van der Waals surface area contributed by atoms with Gasteiger partial charge >= 0.3 is 0 Å². The maximum Gasteiger partial charge on any atom is 0.226 e. The van der Waals surface area contributed by atoms with Gasteiger partial charge in [-0.05, 0) is 48.2 Å². The van der Waals surface area contributed by atoms with E-state index in [0.717, 1.165) is 32.4 Å². The van der Waals surface area contributed by atoms with Gasteiger partial charge in [-0.15, -0.1) is 0 Å². The molecule has 1 aliphatic heterocycles. The Hall–Kier alpha value is -0.990. The van der Waals surface area contributed by atoms with E-state index in [2.05, 4.69) is 44.2 Å². The Morgan fingerprint density at radius 1 is 1.21 bits per heavy atom. The lowest BCUT2D eigenvalue weighted by molar-refractivity contribution is -0.134. The number of rotatable bonds is 4. The van der Waals surface area contributed by atoms with Crippen LogP contribution in [0, 0.1) is 23.2 Å². The first-order chi connectivity index (χ1) is 11.4. The zero-order valence-corrected chi connectivity index (χ0v) is 15.9. The summed E-state index contributed by atoms with van der Waals surface area (Å²) in [6.45, 7) is 5.98. The maximum atomic E-state index is 12.8. The number of benzene rings is 1. The first-order valence-corrected chi connectivity index (χ1v) is 9.50. The van der Waals surface area contributed by atoms with E-state index in [1.807, 2.05) is 11.0 Å². The first-order valence-electron chi connectivity index (χ1n) is 8.75. The minimum absolute atomic E-state index is 0.0238. The maximum absolute atomic E-state index is 12.8. The van der Waals surface area contributed by atoms with Crippen LogP contribution in [0.15, 0.2) is 40.9 Å². The molecule has 2 atom stereocenters. The molecule has 2 nitrogen and oxygen atoms in total. The van der Waals surface area contributed by atoms with Crippen LogP contribution < -0.4 is 0 Å². The van der Waals surface area contributed by atoms with E-state index in [9.17, 15) is 4.79 Å². The number of carbonyl (C=O) groups is 1. The van der Waals surface area contributed by atoms with Gasteiger partial charge in [0.2, 0.25) is 5.91 Å². The smallest absolute Gasteiger partial charge is 0.226 e. The van der Waals surface area contributed by atoms with Crippen LogP contribution in [-0.4, -0.2) is 23.9 Å². The minimum atomic E-state index is -0.0347. The molecule has 4 heteroatoms. The highest BCUT2D eigenvalue weighted by Crippen LogP contribution is 2.60. The molecule has 2 fully saturated rings. The van der Waals surface area contributed by atoms with Crippen molar-refractivity contribution in [2.45, 2.75) is 33.1 Å². The monoisotopic (exact) mass is 365 g/mol. The molecule has 1 aromatic carbocycles. The highest BCUT2D eigenvalue weighted by molar-refractivity contribution is 6.55. The third kappa shape index (κ3) is 3.81. The molecule has 1 heterocycles. The van der Waals surface area contributed by atoms with Crippen LogP contribution in [0.3, 0.4) is 0 Å². The zero-order valence-electron chi connectivity index (χ0n) is 14.3. The molecule has 1 amide bonds. The Kier molecular flexibility index (Phi) is 5.27. The normalized spacial score (nSPS) is 26.1. The molecule has 1 saturated heterocycles. The van der Waals surface area contributed by atoms with Crippen LogP contribution in [0.4, 0.5) is 0 Å². The van der Waals surface area contributed by atoms with Crippen LogP contribution in [0.5, 0.6) is 0 Å². The molecule has 0 bridgehead atoms. The van der Waals surface area contributed by atoms with Crippen molar-refractivity contribution in [3.63, 3.8) is 0 Å². The predicted molar refractivity (Wildman–Crippen MR) is 100 cm³/mol. The largest absolute Gasteiger partial charge is 0.342 e. The summed E-state index contributed by atoms with van der Waals surface area (Å²) < 4.78 is 0.268. The second-order valence-corrected chi connectivity index (χ2v) is 8.75. The fourth-order valence-corrected chi connectivity index (χ4v) is 4.37. The lowest BCUT2D eigenvalue weighted by atomic mass is 9.90. The average molecular weight is 366 g/mol. The second-order valence-electron chi connectivity index (χ2n) is 7.74. The van der Waals surface area contributed by atoms with Gasteiger partial charge < -0.3 is 4.90 Å². The molecular weight excluding hydrogens is 341 g/mol. The summed E-state index contributed by atoms with van der Waals surface area (Å²) >= 11 is 11.6. The summed E-state index contributed by atoms with van der Waals surface area (Å²) in [7, 11) is 0. The van der Waals surface area contributed by atoms with Crippen LogP contribution in [0.1, 0.15) is 32.3 Å². The van der Waals surface area contributed by atoms with E-state index >= 15 is 0 Å². The van der Waals surface area contributed by atoms with Crippen molar-refractivity contribution in [3.05, 3.63) is 46.5 Å². The van der Waals surface area contributed by atoms with Gasteiger partial charge in [-0.2, -0.15) is 0 Å². The average Bonchev–Trinajstić information content (AvgIpc) is 3.08. The summed E-state index contributed by atoms with van der Waals surface area (Å²) in [4.78, 5) is 14.9. The van der Waals surface area contributed by atoms with E-state index in [1.165, 1.54) is 5.56 Å². The van der Waals surface area contributed by atoms with E-state index in [1.54, 1.807) is 0 Å². The van der Waals surface area contributed by atoms with Gasteiger partial charge in [-0.1, -0.05) is 67.4 Å². The predicted octanol–water partition coefficient (Wildman–Crippen LogP) is 5.06. The lowest BCUT2D eigenvalue weighted by Gasteiger charge is -2.32. The number of allylic oxidation sites excluding steroid dienone is 1. The quantitative estimate of drug-likeness (QED) is 0.730. The van der Waals surface area contributed by atoms with E-state index in [0.29, 0.717) is 5.92 Å². The van der Waals surface area contributed by atoms with Crippen molar-refractivity contribution in [3.8, 4) is 0 Å². The van der Waals surface area contributed by atoms with Gasteiger partial charge in [0.1, 0.15) is 4.49 Å². The van der Waals surface area contributed by atoms with Gasteiger partial charge in [0, 0.05) is 13.1 Å². The molecule has 0 aromatic heterocycles. The Bertz CT molecular complexity index is 614. The van der Waals surface area contributed by atoms with Gasteiger partial charge in [0.05, 0.1) is 5.92 Å². The van der Waals surface area contributed by atoms with Crippen molar-refractivity contribution in [1.29, 1.82) is 0 Å². The molecule has 0 N–H and O–H groups in total. The highest BCUT2D eigenvalue weighted by atomic mass is 35.5. The van der Waals surface area contributed by atoms with E-state index in [-0.39, 0.29) is 27.6 Å². The molecule has 0 radical (unpaired) electrons. The van der Waals surface area contributed by atoms with Gasteiger partial charge in [-0.25, -0.2) is 0 Å². The van der Waals surface area contributed by atoms with Gasteiger partial charge in [0.25, 0.3) is 0 Å². The lowest BCUT2D eigenvalue weighted by Crippen LogP contribution is -2.40. The molecule has 3 rings (SSSR count). The topological polar surface area (TPSA) is 20.3 Å². The zero-order chi connectivity index (χ0) is 17.3. The highest BCUT2D eigenvalue weighted by Gasteiger charge is 2.61. The number of piperidine rings is 1. The van der Waals surface area contributed by atoms with Gasteiger partial charge in [-0.3, -0.25) is 4.79 Å². The molecule has 1 aromatic rings. The number of hydrogen-bond donors (Lipinski definition) is 0. The van der Waals surface area contributed by atoms with Crippen LogP contribution in [-0.2, 0) is 11.2 Å². The number of hydrogen-bond acceptors (Lipinski definition) is 1.